The summed E-state index contributed by atoms with van der Waals surface area (Å²) in [5.41, 5.74) is 0. The van der Waals surface area contributed by atoms with Crippen LogP contribution in [0.3, 0.4) is 0 Å². The second-order valence-corrected chi connectivity index (χ2v) is 51.4. The quantitative estimate of drug-likeness (QED) is 0.0800. The van der Waals surface area contributed by atoms with Crippen LogP contribution in [0, 0.1) is 0 Å². The van der Waals surface area contributed by atoms with E-state index in [0.29, 0.717) is 26.5 Å². The zero-order valence-corrected chi connectivity index (χ0v) is 39.2. The zero-order valence-electron chi connectivity index (χ0n) is 18.7. The van der Waals surface area contributed by atoms with E-state index in [1.165, 1.54) is 0 Å². The molecular weight excluding hydrogens is 1400 g/mol. The van der Waals surface area contributed by atoms with Crippen molar-refractivity contribution >= 4 is 131 Å². The third-order valence-electron chi connectivity index (χ3n) is 2.25. The number of nitrogens with one attached hydrogen (secondary N) is 8. The van der Waals surface area contributed by atoms with Gasteiger partial charge in [0.2, 0.25) is 0 Å². The Morgan fingerprint density at radius 1 is 0.500 bits per heavy atom. The fourth-order valence-corrected chi connectivity index (χ4v) is 16.2. The third kappa shape index (κ3) is 37.3. The van der Waals surface area contributed by atoms with Gasteiger partial charge in [-0.2, -0.15) is 0 Å². The molecule has 8 N–H and O–H groups in total. The molecule has 32 heavy (non-hydrogen) atoms. The van der Waals surface area contributed by atoms with Crippen LogP contribution in [0.15, 0.2) is 0 Å². The van der Waals surface area contributed by atoms with Crippen LogP contribution in [-0.2, 0) is 0 Å². The molecule has 0 amide bonds. The standard InChI is InChI=1S/2C6H14IN4S2.2I3/c2*1-8-5(9-2)12-7-13-6(10-3)11-4;2*1-3-2/h2*1-4H3,(H,8,9)(H,10,11);;/q4*-1/p+4. The Hall–Kier alpha value is 5.12. The summed E-state index contributed by atoms with van der Waals surface area (Å²) in [6.45, 7) is 0. The van der Waals surface area contributed by atoms with Crippen LogP contribution >= 0.6 is 110 Å². The average Bonchev–Trinajstić information content (AvgIpc) is 2.81. The topological polar surface area (TPSA) is 104 Å². The fourth-order valence-electron chi connectivity index (χ4n) is 0.966. The second-order valence-electron chi connectivity index (χ2n) is 3.86. The van der Waals surface area contributed by atoms with Gasteiger partial charge in [-0.3, -0.25) is 0 Å². The van der Waals surface area contributed by atoms with Crippen molar-refractivity contribution in [3.63, 3.8) is 0 Å². The molecule has 0 radical (unpaired) electrons. The minimum absolute atomic E-state index is 0.0281. The van der Waals surface area contributed by atoms with E-state index in [2.05, 4.69) is 116 Å². The molecule has 0 bridgehead atoms. The number of halogens is 8. The first-order valence-electron chi connectivity index (χ1n) is 8.01. The summed E-state index contributed by atoms with van der Waals surface area (Å²) in [5, 5.41) is 16.9. The van der Waals surface area contributed by atoms with Gasteiger partial charge >= 0.3 is 292 Å². The van der Waals surface area contributed by atoms with E-state index < -0.39 is 0 Å². The Morgan fingerprint density at radius 3 is 0.750 bits per heavy atom. The van der Waals surface area contributed by atoms with E-state index in [-0.39, 0.29) is 36.9 Å². The van der Waals surface area contributed by atoms with Crippen molar-refractivity contribution in [1.29, 1.82) is 0 Å². The van der Waals surface area contributed by atoms with Gasteiger partial charge in [0.25, 0.3) is 0 Å². The number of hydrogen-bond acceptors (Lipinski definition) is 4. The van der Waals surface area contributed by atoms with E-state index in [9.17, 15) is 0 Å². The van der Waals surface area contributed by atoms with E-state index in [1.807, 2.05) is 92.1 Å². The van der Waals surface area contributed by atoms with Gasteiger partial charge in [-0.15, -0.1) is 0 Å². The summed E-state index contributed by atoms with van der Waals surface area (Å²) >= 11 is 10.7. The van der Waals surface area contributed by atoms with Gasteiger partial charge in [-0.1, -0.05) is 0 Å². The molecular formula is C12H32I8N8S4. The molecule has 0 heterocycles. The molecule has 0 aromatic heterocycles. The first-order chi connectivity index (χ1) is 15.4. The fraction of sp³-hybridized carbons (Fsp3) is 0.667. The van der Waals surface area contributed by atoms with E-state index in [4.69, 9.17) is 0 Å². The van der Waals surface area contributed by atoms with Gasteiger partial charge in [-0.05, 0) is 0 Å². The van der Waals surface area contributed by atoms with E-state index in [1.54, 1.807) is 0 Å². The molecule has 0 fully saturated rings. The minimum atomic E-state index is 0.0281. The Balaban J connectivity index is -0.000000196. The molecule has 200 valence electrons. The molecule has 20 heteroatoms. The maximum absolute atomic E-state index is 3.09. The van der Waals surface area contributed by atoms with Crippen LogP contribution in [0.1, 0.15) is 0 Å². The average molecular weight is 1430 g/mol. The van der Waals surface area contributed by atoms with E-state index >= 15 is 0 Å². The zero-order chi connectivity index (χ0) is 25.6. The van der Waals surface area contributed by atoms with Crippen molar-refractivity contribution in [1.82, 2.24) is 21.3 Å². The molecule has 8 nitrogen and oxygen atoms in total. The van der Waals surface area contributed by atoms with Crippen LogP contribution in [0.25, 0.3) is 0 Å². The van der Waals surface area contributed by atoms with Crippen LogP contribution in [-0.4, -0.2) is 77.1 Å². The van der Waals surface area contributed by atoms with Crippen LogP contribution in [0.2, 0.25) is 0 Å². The van der Waals surface area contributed by atoms with Crippen LogP contribution in [0.5, 0.6) is 0 Å². The van der Waals surface area contributed by atoms with E-state index in [0.717, 1.165) is 20.7 Å². The van der Waals surface area contributed by atoms with Gasteiger partial charge in [0.15, 0.2) is 0 Å². The van der Waals surface area contributed by atoms with Gasteiger partial charge in [0, 0.05) is 0 Å². The van der Waals surface area contributed by atoms with Gasteiger partial charge in [-0.25, -0.2) is 0 Å². The molecule has 0 spiro atoms. The Labute approximate surface area is 285 Å². The third-order valence-corrected chi connectivity index (χ3v) is 17.3. The summed E-state index contributed by atoms with van der Waals surface area (Å²) in [6.07, 6.45) is 0. The van der Waals surface area contributed by atoms with Gasteiger partial charge in [0.05, 0.1) is 0 Å². The molecule has 0 unspecified atom stereocenters. The van der Waals surface area contributed by atoms with Crippen molar-refractivity contribution in [2.24, 2.45) is 0 Å². The first kappa shape index (κ1) is 44.1. The van der Waals surface area contributed by atoms with Gasteiger partial charge in [0.1, 0.15) is 0 Å². The van der Waals surface area contributed by atoms with Crippen molar-refractivity contribution < 1.29 is 83.3 Å². The second kappa shape index (κ2) is 40.6. The predicted octanol–water partition coefficient (Wildman–Crippen LogP) is -14.6. The molecule has 0 atom stereocenters. The Bertz CT molecular complexity index is 433. The molecule has 0 saturated carbocycles. The Kier molecular flexibility index (Phi) is 56.0. The summed E-state index contributed by atoms with van der Waals surface area (Å²) in [4.78, 5) is 12.4. The number of rotatable bonds is 4. The molecule has 0 aromatic rings. The van der Waals surface area contributed by atoms with Crippen molar-refractivity contribution in [2.45, 2.75) is 0 Å². The molecule has 0 aliphatic rings. The number of hydrogen-bond donors (Lipinski definition) is 8. The predicted molar refractivity (Wildman–Crippen MR) is 170 cm³/mol. The van der Waals surface area contributed by atoms with Crippen molar-refractivity contribution in [3.05, 3.63) is 0 Å². The van der Waals surface area contributed by atoms with Crippen LogP contribution < -0.4 is 105 Å². The Morgan fingerprint density at radius 2 is 0.656 bits per heavy atom. The molecule has 0 aromatic carbocycles. The van der Waals surface area contributed by atoms with Crippen molar-refractivity contribution in [3.8, 4) is 0 Å². The van der Waals surface area contributed by atoms with Crippen molar-refractivity contribution in [2.75, 3.05) is 56.4 Å². The molecule has 0 aliphatic heterocycles. The van der Waals surface area contributed by atoms with Crippen LogP contribution in [0.4, 0.5) is 0 Å². The first-order valence-corrected chi connectivity index (χ1v) is 46.6. The van der Waals surface area contributed by atoms with Gasteiger partial charge < -0.3 is 0 Å². The SMILES string of the molecule is CNC(=[NH+]C)S[I-]SC(NC)=[NH+]C.CNC(=[NH+]C)S[I-]SC(NC)=[NH+]C.I[I-]I.I[I-]I. The summed E-state index contributed by atoms with van der Waals surface area (Å²) in [7, 11) is 22.8. The molecule has 0 saturated heterocycles. The monoisotopic (exact) mass is 1430 g/mol. The molecule has 0 rings (SSSR count). The molecule has 0 aliphatic carbocycles. The summed E-state index contributed by atoms with van der Waals surface area (Å²) < 4.78 is 0. The summed E-state index contributed by atoms with van der Waals surface area (Å²) in [5.74, 6) is 0. The normalized spacial score (nSPS) is 12.1. The maximum atomic E-state index is 3.09. The summed E-state index contributed by atoms with van der Waals surface area (Å²) in [6, 6.07) is 0. The number of amidine groups is 4.